The van der Waals surface area contributed by atoms with Crippen molar-refractivity contribution in [3.05, 3.63) is 0 Å². The minimum absolute atomic E-state index is 0.287. The zero-order valence-corrected chi connectivity index (χ0v) is 15.6. The van der Waals surface area contributed by atoms with Gasteiger partial charge in [0.05, 0.1) is 25.4 Å². The van der Waals surface area contributed by atoms with Crippen molar-refractivity contribution in [2.45, 2.75) is 43.8 Å². The maximum atomic E-state index is 12.2. The third-order valence-corrected chi connectivity index (χ3v) is 3.48. The van der Waals surface area contributed by atoms with Crippen LogP contribution in [0.5, 0.6) is 0 Å². The Labute approximate surface area is 169 Å². The number of carboxylic acids is 3. The van der Waals surface area contributed by atoms with Gasteiger partial charge in [-0.2, -0.15) is 0 Å². The summed E-state index contributed by atoms with van der Waals surface area (Å²) in [6.45, 7) is -0.771. The monoisotopic (exact) mass is 433 g/mol. The molecular weight excluding hydrogens is 410 g/mol. The fourth-order valence-corrected chi connectivity index (χ4v) is 2.03. The minimum Gasteiger partial charge on any atom is -0.481 e. The molecule has 10 N–H and O–H groups in total. The highest BCUT2D eigenvalue weighted by Gasteiger charge is 2.27. The highest BCUT2D eigenvalue weighted by atomic mass is 16.4. The number of hydrogen-bond acceptors (Lipinski definition) is 8. The average molecular weight is 433 g/mol. The number of aliphatic carboxylic acids is 3. The first-order valence-corrected chi connectivity index (χ1v) is 8.41. The molecule has 0 aromatic heterocycles. The largest absolute Gasteiger partial charge is 0.481 e. The van der Waals surface area contributed by atoms with Crippen LogP contribution in [0.4, 0.5) is 0 Å². The van der Waals surface area contributed by atoms with Crippen LogP contribution in [0.3, 0.4) is 0 Å². The van der Waals surface area contributed by atoms with Crippen molar-refractivity contribution in [3.8, 4) is 0 Å². The van der Waals surface area contributed by atoms with E-state index < -0.39 is 79.0 Å². The number of nitrogens with two attached hydrogens (primary N) is 2. The second kappa shape index (κ2) is 12.7. The smallest absolute Gasteiger partial charge is 0.326 e. The molecule has 3 unspecified atom stereocenters. The van der Waals surface area contributed by atoms with Crippen LogP contribution in [0, 0.1) is 0 Å². The van der Waals surface area contributed by atoms with E-state index in [1.807, 2.05) is 5.32 Å². The van der Waals surface area contributed by atoms with E-state index in [2.05, 4.69) is 10.6 Å². The number of nitrogens with one attached hydrogen (secondary N) is 3. The molecular formula is C15H23N5O10. The number of carbonyl (C=O) groups is 7. The second-order valence-electron chi connectivity index (χ2n) is 6.04. The molecule has 15 nitrogen and oxygen atoms in total. The maximum Gasteiger partial charge on any atom is 0.326 e. The number of primary amides is 1. The zero-order chi connectivity index (χ0) is 23.4. The van der Waals surface area contributed by atoms with Crippen LogP contribution < -0.4 is 27.4 Å². The maximum absolute atomic E-state index is 12.2. The van der Waals surface area contributed by atoms with Crippen LogP contribution >= 0.6 is 0 Å². The van der Waals surface area contributed by atoms with Crippen LogP contribution in [0.1, 0.15) is 25.7 Å². The van der Waals surface area contributed by atoms with Crippen molar-refractivity contribution >= 4 is 41.5 Å². The van der Waals surface area contributed by atoms with Crippen LogP contribution in [-0.2, 0) is 33.6 Å². The Kier molecular flexibility index (Phi) is 11.1. The normalized spacial score (nSPS) is 13.2. The molecule has 0 aliphatic heterocycles. The third kappa shape index (κ3) is 11.2. The van der Waals surface area contributed by atoms with Crippen molar-refractivity contribution in [2.24, 2.45) is 11.5 Å². The van der Waals surface area contributed by atoms with Gasteiger partial charge in [0.1, 0.15) is 12.1 Å². The summed E-state index contributed by atoms with van der Waals surface area (Å²) in [7, 11) is 0. The summed E-state index contributed by atoms with van der Waals surface area (Å²) in [5.41, 5.74) is 10.4. The van der Waals surface area contributed by atoms with Crippen molar-refractivity contribution in [1.29, 1.82) is 0 Å². The first-order valence-electron chi connectivity index (χ1n) is 8.41. The van der Waals surface area contributed by atoms with E-state index in [0.717, 1.165) is 0 Å². The van der Waals surface area contributed by atoms with Gasteiger partial charge in [-0.1, -0.05) is 0 Å². The summed E-state index contributed by atoms with van der Waals surface area (Å²) in [5, 5.41) is 32.2. The van der Waals surface area contributed by atoms with E-state index in [9.17, 15) is 33.6 Å². The zero-order valence-electron chi connectivity index (χ0n) is 15.6. The fraction of sp³-hybridized carbons (Fsp3) is 0.533. The van der Waals surface area contributed by atoms with Crippen LogP contribution in [0.15, 0.2) is 0 Å². The van der Waals surface area contributed by atoms with Crippen molar-refractivity contribution in [2.75, 3.05) is 6.54 Å². The Morgan fingerprint density at radius 2 is 1.37 bits per heavy atom. The molecule has 15 heteroatoms. The van der Waals surface area contributed by atoms with Crippen LogP contribution in [0.25, 0.3) is 0 Å². The average Bonchev–Trinajstić information content (AvgIpc) is 2.61. The van der Waals surface area contributed by atoms with Gasteiger partial charge < -0.3 is 42.7 Å². The molecule has 0 rings (SSSR count). The van der Waals surface area contributed by atoms with Crippen LogP contribution in [-0.4, -0.2) is 81.5 Å². The molecule has 0 bridgehead atoms. The summed E-state index contributed by atoms with van der Waals surface area (Å²) in [6, 6.07) is -4.61. The SMILES string of the molecule is NC(=O)CCC(NC(=O)C(N)CC(=O)O)C(=O)NCC(=O)NC(CC(=O)O)C(=O)O. The molecule has 0 spiro atoms. The quantitative estimate of drug-likeness (QED) is 0.130. The van der Waals surface area contributed by atoms with Crippen molar-refractivity contribution < 1.29 is 48.9 Å². The molecule has 0 aliphatic carbocycles. The van der Waals surface area contributed by atoms with Gasteiger partial charge >= 0.3 is 17.9 Å². The number of carbonyl (C=O) groups excluding carboxylic acids is 4. The predicted molar refractivity (Wildman–Crippen MR) is 95.4 cm³/mol. The van der Waals surface area contributed by atoms with E-state index in [1.165, 1.54) is 0 Å². The Bertz CT molecular complexity index is 710. The van der Waals surface area contributed by atoms with Gasteiger partial charge in [-0.25, -0.2) is 4.79 Å². The van der Waals surface area contributed by atoms with Crippen LogP contribution in [0.2, 0.25) is 0 Å². The Balaban J connectivity index is 4.94. The molecule has 0 fully saturated rings. The molecule has 0 saturated heterocycles. The predicted octanol–water partition coefficient (Wildman–Crippen LogP) is -4.30. The Morgan fingerprint density at radius 3 is 1.83 bits per heavy atom. The third-order valence-electron chi connectivity index (χ3n) is 3.48. The number of hydrogen-bond donors (Lipinski definition) is 8. The van der Waals surface area contributed by atoms with E-state index in [-0.39, 0.29) is 12.8 Å². The highest BCUT2D eigenvalue weighted by Crippen LogP contribution is 2.00. The standard InChI is InChI=1S/C15H23N5O10/c16-6(3-11(23)24)13(27)20-7(1-2-9(17)21)14(28)18-5-10(22)19-8(15(29)30)4-12(25)26/h6-8H,1-5,16H2,(H2,17,21)(H,18,28)(H,19,22)(H,20,27)(H,23,24)(H,25,26)(H,29,30). The van der Waals surface area contributed by atoms with E-state index in [1.54, 1.807) is 0 Å². The molecule has 168 valence electrons. The molecule has 30 heavy (non-hydrogen) atoms. The molecule has 3 atom stereocenters. The topological polar surface area (TPSA) is 268 Å². The highest BCUT2D eigenvalue weighted by molar-refractivity contribution is 5.94. The second-order valence-corrected chi connectivity index (χ2v) is 6.04. The molecule has 0 aliphatic rings. The number of carboxylic acid groups (broad SMARTS) is 3. The number of rotatable bonds is 14. The molecule has 0 radical (unpaired) electrons. The summed E-state index contributed by atoms with van der Waals surface area (Å²) < 4.78 is 0. The van der Waals surface area contributed by atoms with Gasteiger partial charge in [0, 0.05) is 6.42 Å². The van der Waals surface area contributed by atoms with Gasteiger partial charge in [0.2, 0.25) is 23.6 Å². The summed E-state index contributed by atoms with van der Waals surface area (Å²) in [6.07, 6.45) is -2.24. The van der Waals surface area contributed by atoms with Gasteiger partial charge in [0.25, 0.3) is 0 Å². The summed E-state index contributed by atoms with van der Waals surface area (Å²) >= 11 is 0. The lowest BCUT2D eigenvalue weighted by atomic mass is 10.1. The van der Waals surface area contributed by atoms with E-state index in [0.29, 0.717) is 0 Å². The van der Waals surface area contributed by atoms with E-state index >= 15 is 0 Å². The lowest BCUT2D eigenvalue weighted by Crippen LogP contribution is -2.54. The lowest BCUT2D eigenvalue weighted by molar-refractivity contribution is -0.147. The summed E-state index contributed by atoms with van der Waals surface area (Å²) in [4.78, 5) is 78.9. The van der Waals surface area contributed by atoms with Crippen molar-refractivity contribution in [3.63, 3.8) is 0 Å². The Morgan fingerprint density at radius 1 is 0.800 bits per heavy atom. The fourth-order valence-electron chi connectivity index (χ4n) is 2.03. The molecule has 0 saturated carbocycles. The molecule has 0 aromatic carbocycles. The molecule has 4 amide bonds. The molecule has 0 heterocycles. The first kappa shape index (κ1) is 26.2. The summed E-state index contributed by atoms with van der Waals surface area (Å²) in [5.74, 6) is -8.23. The van der Waals surface area contributed by atoms with Gasteiger partial charge in [0.15, 0.2) is 0 Å². The van der Waals surface area contributed by atoms with Gasteiger partial charge in [-0.05, 0) is 6.42 Å². The van der Waals surface area contributed by atoms with Crippen molar-refractivity contribution in [1.82, 2.24) is 16.0 Å². The number of amides is 4. The van der Waals surface area contributed by atoms with E-state index in [4.69, 9.17) is 26.8 Å². The minimum atomic E-state index is -1.73. The first-order chi connectivity index (χ1) is 13.8. The Hall–Kier alpha value is -3.75. The lowest BCUT2D eigenvalue weighted by Gasteiger charge is -2.20. The molecule has 0 aromatic rings. The van der Waals surface area contributed by atoms with Gasteiger partial charge in [-0.15, -0.1) is 0 Å². The van der Waals surface area contributed by atoms with Gasteiger partial charge in [-0.3, -0.25) is 28.8 Å².